The smallest absolute Gasteiger partial charge is 0.241 e. The van der Waals surface area contributed by atoms with Crippen LogP contribution in [0.25, 0.3) is 0 Å². The van der Waals surface area contributed by atoms with Gasteiger partial charge in [0.05, 0.1) is 6.04 Å². The van der Waals surface area contributed by atoms with Crippen molar-refractivity contribution in [2.75, 3.05) is 11.9 Å². The summed E-state index contributed by atoms with van der Waals surface area (Å²) in [6.45, 7) is 6.36. The van der Waals surface area contributed by atoms with Gasteiger partial charge in [-0.1, -0.05) is 26.0 Å². The zero-order chi connectivity index (χ0) is 16.5. The Hall–Kier alpha value is -1.88. The van der Waals surface area contributed by atoms with Crippen molar-refractivity contribution in [3.05, 3.63) is 29.8 Å². The Morgan fingerprint density at radius 1 is 1.18 bits per heavy atom. The van der Waals surface area contributed by atoms with Crippen LogP contribution in [0.2, 0.25) is 0 Å². The van der Waals surface area contributed by atoms with Gasteiger partial charge >= 0.3 is 0 Å². The lowest BCUT2D eigenvalue weighted by Crippen LogP contribution is -2.36. The molecule has 2 amide bonds. The van der Waals surface area contributed by atoms with Crippen molar-refractivity contribution < 1.29 is 9.59 Å². The average Bonchev–Trinajstić information content (AvgIpc) is 2.44. The van der Waals surface area contributed by atoms with Crippen LogP contribution in [0, 0.1) is 5.92 Å². The fraction of sp³-hybridized carbons (Fsp3) is 0.529. The highest BCUT2D eigenvalue weighted by Gasteiger charge is 2.13. The van der Waals surface area contributed by atoms with E-state index < -0.39 is 6.04 Å². The number of carbonyl (C=O) groups excluding carboxylic acids is 2. The third kappa shape index (κ3) is 7.22. The zero-order valence-corrected chi connectivity index (χ0v) is 13.7. The van der Waals surface area contributed by atoms with Crippen LogP contribution < -0.4 is 16.4 Å². The first kappa shape index (κ1) is 18.2. The number of anilines is 1. The molecule has 1 rings (SSSR count). The highest BCUT2D eigenvalue weighted by Crippen LogP contribution is 2.13. The predicted molar refractivity (Wildman–Crippen MR) is 89.5 cm³/mol. The van der Waals surface area contributed by atoms with Crippen molar-refractivity contribution in [1.82, 2.24) is 5.32 Å². The summed E-state index contributed by atoms with van der Waals surface area (Å²) in [6.07, 6.45) is 2.25. The maximum atomic E-state index is 12.0. The number of benzene rings is 1. The van der Waals surface area contributed by atoms with E-state index in [-0.39, 0.29) is 11.8 Å². The summed E-state index contributed by atoms with van der Waals surface area (Å²) in [7, 11) is 0. The summed E-state index contributed by atoms with van der Waals surface area (Å²) in [4.78, 5) is 22.7. The van der Waals surface area contributed by atoms with Gasteiger partial charge in [-0.15, -0.1) is 0 Å². The summed E-state index contributed by atoms with van der Waals surface area (Å²) in [6, 6.07) is 7.29. The summed E-state index contributed by atoms with van der Waals surface area (Å²) in [5.41, 5.74) is 7.87. The van der Waals surface area contributed by atoms with Gasteiger partial charge in [0.25, 0.3) is 0 Å². The molecular formula is C17H27N3O2. The lowest BCUT2D eigenvalue weighted by atomic mass is 10.0. The Labute approximate surface area is 132 Å². The average molecular weight is 305 g/mol. The van der Waals surface area contributed by atoms with E-state index in [1.165, 1.54) is 12.5 Å². The van der Waals surface area contributed by atoms with Crippen LogP contribution in [0.3, 0.4) is 0 Å². The second kappa shape index (κ2) is 9.20. The fourth-order valence-corrected chi connectivity index (χ4v) is 2.15. The van der Waals surface area contributed by atoms with E-state index in [9.17, 15) is 9.59 Å². The van der Waals surface area contributed by atoms with Crippen LogP contribution in [-0.4, -0.2) is 24.4 Å². The first-order chi connectivity index (χ1) is 10.4. The molecule has 0 heterocycles. The van der Waals surface area contributed by atoms with E-state index in [1.807, 2.05) is 24.3 Å². The van der Waals surface area contributed by atoms with Crippen LogP contribution >= 0.6 is 0 Å². The fourth-order valence-electron chi connectivity index (χ4n) is 2.15. The van der Waals surface area contributed by atoms with Crippen LogP contribution in [0.5, 0.6) is 0 Å². The number of hydrogen-bond acceptors (Lipinski definition) is 3. The molecule has 1 atom stereocenters. The topological polar surface area (TPSA) is 84.2 Å². The third-order valence-corrected chi connectivity index (χ3v) is 3.27. The van der Waals surface area contributed by atoms with E-state index in [0.717, 1.165) is 12.1 Å². The van der Waals surface area contributed by atoms with E-state index in [1.54, 1.807) is 0 Å². The molecule has 5 heteroatoms. The van der Waals surface area contributed by atoms with Crippen molar-refractivity contribution in [1.29, 1.82) is 0 Å². The molecule has 1 aromatic rings. The highest BCUT2D eigenvalue weighted by molar-refractivity contribution is 5.94. The van der Waals surface area contributed by atoms with E-state index >= 15 is 0 Å². The maximum Gasteiger partial charge on any atom is 0.241 e. The third-order valence-electron chi connectivity index (χ3n) is 3.27. The number of hydrogen-bond donors (Lipinski definition) is 3. The van der Waals surface area contributed by atoms with E-state index in [4.69, 9.17) is 5.73 Å². The molecule has 0 fully saturated rings. The molecule has 0 spiro atoms. The number of nitrogens with one attached hydrogen (secondary N) is 2. The molecule has 0 unspecified atom stereocenters. The Morgan fingerprint density at radius 2 is 1.82 bits per heavy atom. The second-order valence-corrected chi connectivity index (χ2v) is 6.02. The number of carbonyl (C=O) groups is 2. The standard InChI is InChI=1S/C17H27N3O2/c1-12(2)11-14-6-8-15(9-7-14)20-17(22)16(18)5-4-10-19-13(3)21/h6-9,12,16H,4-5,10-11,18H2,1-3H3,(H,19,21)(H,20,22)/t16-/m0/s1. The van der Waals surface area contributed by atoms with Crippen molar-refractivity contribution in [3.63, 3.8) is 0 Å². The van der Waals surface area contributed by atoms with Gasteiger partial charge in [0, 0.05) is 19.2 Å². The minimum absolute atomic E-state index is 0.0699. The molecule has 1 aromatic carbocycles. The van der Waals surface area contributed by atoms with Crippen LogP contribution in [0.15, 0.2) is 24.3 Å². The molecule has 0 bridgehead atoms. The molecule has 122 valence electrons. The normalized spacial score (nSPS) is 12.0. The minimum atomic E-state index is -0.566. The molecule has 4 N–H and O–H groups in total. The molecule has 5 nitrogen and oxygen atoms in total. The van der Waals surface area contributed by atoms with Crippen molar-refractivity contribution in [3.8, 4) is 0 Å². The summed E-state index contributed by atoms with van der Waals surface area (Å²) < 4.78 is 0. The quantitative estimate of drug-likeness (QED) is 0.643. The van der Waals surface area contributed by atoms with Gasteiger partial charge in [-0.05, 0) is 42.9 Å². The molecule has 0 saturated heterocycles. The summed E-state index contributed by atoms with van der Waals surface area (Å²) in [5.74, 6) is 0.344. The van der Waals surface area contributed by atoms with E-state index in [0.29, 0.717) is 25.3 Å². The molecular weight excluding hydrogens is 278 g/mol. The van der Waals surface area contributed by atoms with Gasteiger partial charge in [0.2, 0.25) is 11.8 Å². The van der Waals surface area contributed by atoms with Gasteiger partial charge in [-0.2, -0.15) is 0 Å². The highest BCUT2D eigenvalue weighted by atomic mass is 16.2. The largest absolute Gasteiger partial charge is 0.356 e. The van der Waals surface area contributed by atoms with Gasteiger partial charge in [0.15, 0.2) is 0 Å². The molecule has 0 aliphatic carbocycles. The zero-order valence-electron chi connectivity index (χ0n) is 13.7. The van der Waals surface area contributed by atoms with Crippen molar-refractivity contribution in [2.45, 2.75) is 46.1 Å². The van der Waals surface area contributed by atoms with Gasteiger partial charge in [0.1, 0.15) is 0 Å². The summed E-state index contributed by atoms with van der Waals surface area (Å²) in [5, 5.41) is 5.51. The van der Waals surface area contributed by atoms with Gasteiger partial charge in [-0.3, -0.25) is 9.59 Å². The number of amides is 2. The molecule has 0 aromatic heterocycles. The van der Waals surface area contributed by atoms with Crippen LogP contribution in [0.1, 0.15) is 39.2 Å². The van der Waals surface area contributed by atoms with Crippen LogP contribution in [-0.2, 0) is 16.0 Å². The minimum Gasteiger partial charge on any atom is -0.356 e. The number of nitrogens with two attached hydrogens (primary N) is 1. The monoisotopic (exact) mass is 305 g/mol. The Balaban J connectivity index is 2.38. The van der Waals surface area contributed by atoms with E-state index in [2.05, 4.69) is 24.5 Å². The summed E-state index contributed by atoms with van der Waals surface area (Å²) >= 11 is 0. The number of rotatable bonds is 8. The molecule has 0 aliphatic rings. The second-order valence-electron chi connectivity index (χ2n) is 6.02. The molecule has 0 saturated carbocycles. The Bertz CT molecular complexity index is 483. The molecule has 22 heavy (non-hydrogen) atoms. The Morgan fingerprint density at radius 3 is 2.36 bits per heavy atom. The van der Waals surface area contributed by atoms with Crippen molar-refractivity contribution >= 4 is 17.5 Å². The first-order valence-corrected chi connectivity index (χ1v) is 7.78. The van der Waals surface area contributed by atoms with Gasteiger partial charge in [-0.25, -0.2) is 0 Å². The predicted octanol–water partition coefficient (Wildman–Crippen LogP) is 2.07. The lowest BCUT2D eigenvalue weighted by molar-refractivity contribution is -0.119. The molecule has 0 aliphatic heterocycles. The SMILES string of the molecule is CC(=O)NCCC[C@H](N)C(=O)Nc1ccc(CC(C)C)cc1. The van der Waals surface area contributed by atoms with Gasteiger partial charge < -0.3 is 16.4 Å². The maximum absolute atomic E-state index is 12.0. The van der Waals surface area contributed by atoms with Crippen LogP contribution in [0.4, 0.5) is 5.69 Å². The van der Waals surface area contributed by atoms with Crippen molar-refractivity contribution in [2.24, 2.45) is 11.7 Å². The lowest BCUT2D eigenvalue weighted by Gasteiger charge is -2.13. The molecule has 0 radical (unpaired) electrons. The first-order valence-electron chi connectivity index (χ1n) is 7.78. The Kier molecular flexibility index (Phi) is 7.60.